The molecule has 0 bridgehead atoms. The number of aliphatic imine (C=N–C) groups is 1. The van der Waals surface area contributed by atoms with Crippen LogP contribution in [0.15, 0.2) is 53.5 Å². The number of carbonyl (C=O) groups excluding carboxylic acids is 1. The van der Waals surface area contributed by atoms with Crippen LogP contribution < -0.4 is 11.1 Å². The van der Waals surface area contributed by atoms with Gasteiger partial charge >= 0.3 is 0 Å². The van der Waals surface area contributed by atoms with Crippen LogP contribution in [0.4, 0.5) is 5.69 Å². The maximum absolute atomic E-state index is 12.4. The van der Waals surface area contributed by atoms with Crippen molar-refractivity contribution in [2.45, 2.75) is 18.9 Å². The van der Waals surface area contributed by atoms with E-state index in [0.717, 1.165) is 23.4 Å². The number of nitrogens with two attached hydrogens (primary N) is 1. The van der Waals surface area contributed by atoms with Crippen LogP contribution in [-0.2, 0) is 5.54 Å². The third-order valence-electron chi connectivity index (χ3n) is 4.02. The summed E-state index contributed by atoms with van der Waals surface area (Å²) in [6.45, 7) is 2.07. The first-order valence-corrected chi connectivity index (χ1v) is 8.98. The Labute approximate surface area is 150 Å². The predicted molar refractivity (Wildman–Crippen MR) is 102 cm³/mol. The summed E-state index contributed by atoms with van der Waals surface area (Å²) in [5.41, 5.74) is 7.82. The third-order valence-corrected chi connectivity index (χ3v) is 5.06. The van der Waals surface area contributed by atoms with Crippen LogP contribution in [0.1, 0.15) is 29.3 Å². The molecule has 4 nitrogen and oxygen atoms in total. The van der Waals surface area contributed by atoms with Crippen LogP contribution in [0.2, 0.25) is 5.02 Å². The van der Waals surface area contributed by atoms with E-state index >= 15 is 0 Å². The molecule has 1 heterocycles. The number of anilines is 1. The maximum atomic E-state index is 12.4. The number of nitrogens with zero attached hydrogens (tertiary/aromatic N) is 1. The van der Waals surface area contributed by atoms with Gasteiger partial charge in [0.25, 0.3) is 5.91 Å². The number of amides is 1. The van der Waals surface area contributed by atoms with Gasteiger partial charge in [-0.2, -0.15) is 0 Å². The maximum Gasteiger partial charge on any atom is 0.255 e. The first-order chi connectivity index (χ1) is 11.5. The summed E-state index contributed by atoms with van der Waals surface area (Å²) in [5.74, 6) is 0.743. The van der Waals surface area contributed by atoms with Crippen LogP contribution in [0.5, 0.6) is 0 Å². The van der Waals surface area contributed by atoms with E-state index in [2.05, 4.69) is 17.2 Å². The molecular formula is C18H18ClN3OS. The molecule has 0 spiro atoms. The van der Waals surface area contributed by atoms with Crippen molar-refractivity contribution in [2.75, 3.05) is 11.1 Å². The van der Waals surface area contributed by atoms with Gasteiger partial charge in [0.05, 0.1) is 5.54 Å². The van der Waals surface area contributed by atoms with Gasteiger partial charge in [0.15, 0.2) is 5.17 Å². The zero-order chi connectivity index (χ0) is 17.2. The number of benzene rings is 2. The van der Waals surface area contributed by atoms with Gasteiger partial charge in [0.1, 0.15) is 0 Å². The van der Waals surface area contributed by atoms with E-state index in [4.69, 9.17) is 17.3 Å². The Morgan fingerprint density at radius 2 is 2.08 bits per heavy atom. The SMILES string of the molecule is CC1(c2cccc(NC(=O)c3cccc(Cl)c3)c2)CCSC(N)=N1. The third kappa shape index (κ3) is 3.74. The Balaban J connectivity index is 1.83. The Kier molecular flexibility index (Phi) is 4.83. The van der Waals surface area contributed by atoms with E-state index in [1.165, 1.54) is 0 Å². The van der Waals surface area contributed by atoms with Gasteiger partial charge in [0, 0.05) is 22.0 Å². The lowest BCUT2D eigenvalue weighted by atomic mass is 9.89. The van der Waals surface area contributed by atoms with Crippen LogP contribution in [0, 0.1) is 0 Å². The molecule has 0 aromatic heterocycles. The van der Waals surface area contributed by atoms with Crippen molar-refractivity contribution >= 4 is 40.1 Å². The highest BCUT2D eigenvalue weighted by Crippen LogP contribution is 2.35. The molecule has 1 amide bonds. The molecule has 0 radical (unpaired) electrons. The summed E-state index contributed by atoms with van der Waals surface area (Å²) in [7, 11) is 0. The first-order valence-electron chi connectivity index (χ1n) is 7.62. The van der Waals surface area contributed by atoms with E-state index in [9.17, 15) is 4.79 Å². The summed E-state index contributed by atoms with van der Waals surface area (Å²) < 4.78 is 0. The molecule has 1 unspecified atom stereocenters. The monoisotopic (exact) mass is 359 g/mol. The Morgan fingerprint density at radius 3 is 2.83 bits per heavy atom. The topological polar surface area (TPSA) is 67.5 Å². The second-order valence-electron chi connectivity index (χ2n) is 5.87. The zero-order valence-electron chi connectivity index (χ0n) is 13.3. The molecule has 2 aromatic carbocycles. The normalized spacial score (nSPS) is 20.3. The van der Waals surface area contributed by atoms with E-state index in [0.29, 0.717) is 15.8 Å². The number of amidine groups is 1. The number of rotatable bonds is 3. The van der Waals surface area contributed by atoms with E-state index in [-0.39, 0.29) is 11.4 Å². The number of nitrogens with one attached hydrogen (secondary N) is 1. The van der Waals surface area contributed by atoms with Gasteiger partial charge < -0.3 is 11.1 Å². The molecule has 0 saturated carbocycles. The van der Waals surface area contributed by atoms with Crippen molar-refractivity contribution in [3.8, 4) is 0 Å². The van der Waals surface area contributed by atoms with Gasteiger partial charge in [-0.1, -0.05) is 41.6 Å². The van der Waals surface area contributed by atoms with Gasteiger partial charge in [0.2, 0.25) is 0 Å². The lowest BCUT2D eigenvalue weighted by Gasteiger charge is -2.30. The molecule has 2 aromatic rings. The van der Waals surface area contributed by atoms with Gasteiger partial charge in [-0.05, 0) is 49.2 Å². The standard InChI is InChI=1S/C18H18ClN3OS/c1-18(8-9-24-17(20)22-18)13-5-3-7-15(11-13)21-16(23)12-4-2-6-14(19)10-12/h2-7,10-11H,8-9H2,1H3,(H2,20,22)(H,21,23). The quantitative estimate of drug-likeness (QED) is 0.860. The fraction of sp³-hybridized carbons (Fsp3) is 0.222. The molecule has 3 N–H and O–H groups in total. The summed E-state index contributed by atoms with van der Waals surface area (Å²) in [4.78, 5) is 17.0. The molecule has 24 heavy (non-hydrogen) atoms. The molecule has 0 aliphatic carbocycles. The average molecular weight is 360 g/mol. The second kappa shape index (κ2) is 6.87. The largest absolute Gasteiger partial charge is 0.379 e. The number of hydrogen-bond donors (Lipinski definition) is 2. The van der Waals surface area contributed by atoms with Crippen molar-refractivity contribution in [2.24, 2.45) is 10.7 Å². The van der Waals surface area contributed by atoms with Crippen LogP contribution >= 0.6 is 23.4 Å². The number of hydrogen-bond acceptors (Lipinski definition) is 4. The van der Waals surface area contributed by atoms with Gasteiger partial charge in [-0.25, -0.2) is 0 Å². The molecule has 0 saturated heterocycles. The molecule has 6 heteroatoms. The summed E-state index contributed by atoms with van der Waals surface area (Å²) in [6, 6.07) is 14.6. The van der Waals surface area contributed by atoms with Crippen molar-refractivity contribution in [1.82, 2.24) is 0 Å². The van der Waals surface area contributed by atoms with Gasteiger partial charge in [-0.15, -0.1) is 0 Å². The van der Waals surface area contributed by atoms with Gasteiger partial charge in [-0.3, -0.25) is 9.79 Å². The summed E-state index contributed by atoms with van der Waals surface area (Å²) >= 11 is 7.52. The molecule has 0 fully saturated rings. The van der Waals surface area contributed by atoms with Crippen LogP contribution in [0.25, 0.3) is 0 Å². The van der Waals surface area contributed by atoms with E-state index < -0.39 is 0 Å². The Hall–Kier alpha value is -1.98. The second-order valence-corrected chi connectivity index (χ2v) is 7.42. The highest BCUT2D eigenvalue weighted by Gasteiger charge is 2.29. The summed E-state index contributed by atoms with van der Waals surface area (Å²) in [6.07, 6.45) is 0.907. The lowest BCUT2D eigenvalue weighted by Crippen LogP contribution is -2.28. The number of carbonyl (C=O) groups is 1. The molecule has 3 rings (SSSR count). The number of thioether (sulfide) groups is 1. The molecule has 1 aliphatic rings. The molecular weight excluding hydrogens is 342 g/mol. The van der Waals surface area contributed by atoms with Crippen molar-refractivity contribution in [3.05, 3.63) is 64.7 Å². The van der Waals surface area contributed by atoms with E-state index in [1.54, 1.807) is 36.0 Å². The smallest absolute Gasteiger partial charge is 0.255 e. The number of halogens is 1. The van der Waals surface area contributed by atoms with Crippen LogP contribution in [-0.4, -0.2) is 16.8 Å². The van der Waals surface area contributed by atoms with E-state index in [1.807, 2.05) is 24.3 Å². The molecule has 1 atom stereocenters. The fourth-order valence-electron chi connectivity index (χ4n) is 2.66. The fourth-order valence-corrected chi connectivity index (χ4v) is 3.82. The minimum atomic E-state index is -0.355. The molecule has 124 valence electrons. The minimum Gasteiger partial charge on any atom is -0.379 e. The first kappa shape index (κ1) is 16.9. The van der Waals surface area contributed by atoms with Crippen molar-refractivity contribution in [3.63, 3.8) is 0 Å². The zero-order valence-corrected chi connectivity index (χ0v) is 14.8. The average Bonchev–Trinajstić information content (AvgIpc) is 2.55. The van der Waals surface area contributed by atoms with Crippen molar-refractivity contribution < 1.29 is 4.79 Å². The van der Waals surface area contributed by atoms with Crippen LogP contribution in [0.3, 0.4) is 0 Å². The highest BCUT2D eigenvalue weighted by molar-refractivity contribution is 8.13. The minimum absolute atomic E-state index is 0.193. The lowest BCUT2D eigenvalue weighted by molar-refractivity contribution is 0.102. The molecule has 1 aliphatic heterocycles. The van der Waals surface area contributed by atoms with Crippen molar-refractivity contribution in [1.29, 1.82) is 0 Å². The Morgan fingerprint density at radius 1 is 1.29 bits per heavy atom. The Bertz CT molecular complexity index is 808. The highest BCUT2D eigenvalue weighted by atomic mass is 35.5. The summed E-state index contributed by atoms with van der Waals surface area (Å²) in [5, 5.41) is 4.05. The predicted octanol–water partition coefficient (Wildman–Crippen LogP) is 4.26.